The maximum absolute atomic E-state index is 12.2. The fraction of sp³-hybridized carbons (Fsp3) is 0.0556. The van der Waals surface area contributed by atoms with Gasteiger partial charge in [-0.2, -0.15) is 0 Å². The Morgan fingerprint density at radius 1 is 1.12 bits per heavy atom. The van der Waals surface area contributed by atoms with Crippen LogP contribution in [0.4, 0.5) is 6.01 Å². The number of amides is 1. The average Bonchev–Trinajstić information content (AvgIpc) is 3.28. The van der Waals surface area contributed by atoms with Gasteiger partial charge in [-0.25, -0.2) is 0 Å². The van der Waals surface area contributed by atoms with Gasteiger partial charge in [-0.3, -0.25) is 10.1 Å². The van der Waals surface area contributed by atoms with Crippen molar-refractivity contribution in [2.45, 2.75) is 0 Å². The van der Waals surface area contributed by atoms with Crippen LogP contribution in [0.2, 0.25) is 5.02 Å². The summed E-state index contributed by atoms with van der Waals surface area (Å²) < 4.78 is 16.5. The number of rotatable bonds is 4. The Balaban J connectivity index is 1.60. The molecule has 26 heavy (non-hydrogen) atoms. The first kappa shape index (κ1) is 16.2. The van der Waals surface area contributed by atoms with Gasteiger partial charge >= 0.3 is 6.01 Å². The summed E-state index contributed by atoms with van der Waals surface area (Å²) in [6.45, 7) is 0. The number of hydrogen-bond donors (Lipinski definition) is 1. The van der Waals surface area contributed by atoms with Crippen molar-refractivity contribution in [1.82, 2.24) is 10.2 Å². The second-order valence-electron chi connectivity index (χ2n) is 5.34. The number of para-hydroxylation sites is 1. The molecule has 0 radical (unpaired) electrons. The molecule has 0 fully saturated rings. The van der Waals surface area contributed by atoms with Crippen molar-refractivity contribution in [2.75, 3.05) is 12.4 Å². The number of anilines is 1. The lowest BCUT2D eigenvalue weighted by atomic mass is 10.2. The topological polar surface area (TPSA) is 90.4 Å². The summed E-state index contributed by atoms with van der Waals surface area (Å²) in [5.41, 5.74) is 0.882. The Morgan fingerprint density at radius 2 is 1.96 bits per heavy atom. The predicted octanol–water partition coefficient (Wildman–Crippen LogP) is 4.40. The molecule has 0 atom stereocenters. The highest BCUT2D eigenvalue weighted by atomic mass is 35.5. The van der Waals surface area contributed by atoms with Gasteiger partial charge in [0.1, 0.15) is 0 Å². The summed E-state index contributed by atoms with van der Waals surface area (Å²) in [7, 11) is 1.56. The van der Waals surface area contributed by atoms with E-state index in [0.29, 0.717) is 27.7 Å². The van der Waals surface area contributed by atoms with E-state index in [1.165, 1.54) is 0 Å². The standard InChI is InChI=1S/C18H12ClN3O4/c1-24-13-8-4-5-10-9-14(25-15(10)13)17-21-22-18(26-17)20-16(23)11-6-2-3-7-12(11)19/h2-9H,1H3,(H,20,22,23). The number of fused-ring (bicyclic) bond motifs is 1. The van der Waals surface area contributed by atoms with Crippen LogP contribution in [0.15, 0.2) is 57.4 Å². The molecule has 0 aliphatic heterocycles. The first-order chi connectivity index (χ1) is 12.7. The summed E-state index contributed by atoms with van der Waals surface area (Å²) in [6.07, 6.45) is 0. The summed E-state index contributed by atoms with van der Waals surface area (Å²) in [5, 5.41) is 11.4. The molecule has 1 amide bonds. The number of carbonyl (C=O) groups is 1. The van der Waals surface area contributed by atoms with E-state index in [9.17, 15) is 4.79 Å². The number of carbonyl (C=O) groups excluding carboxylic acids is 1. The minimum Gasteiger partial charge on any atom is -0.493 e. The van der Waals surface area contributed by atoms with Crippen molar-refractivity contribution >= 4 is 34.5 Å². The second kappa shape index (κ2) is 6.53. The zero-order valence-corrected chi connectivity index (χ0v) is 14.3. The Labute approximate surface area is 152 Å². The van der Waals surface area contributed by atoms with Crippen LogP contribution in [0, 0.1) is 0 Å². The van der Waals surface area contributed by atoms with E-state index in [1.807, 2.05) is 12.1 Å². The SMILES string of the molecule is COc1cccc2cc(-c3nnc(NC(=O)c4ccccc4Cl)o3)oc12. The number of nitrogens with zero attached hydrogens (tertiary/aromatic N) is 2. The summed E-state index contributed by atoms with van der Waals surface area (Å²) in [6, 6.07) is 13.9. The maximum Gasteiger partial charge on any atom is 0.322 e. The molecule has 2 aromatic carbocycles. The molecule has 2 aromatic heterocycles. The minimum atomic E-state index is -0.447. The number of hydrogen-bond acceptors (Lipinski definition) is 6. The van der Waals surface area contributed by atoms with E-state index in [2.05, 4.69) is 15.5 Å². The van der Waals surface area contributed by atoms with Crippen LogP contribution >= 0.6 is 11.6 Å². The second-order valence-corrected chi connectivity index (χ2v) is 5.74. The van der Waals surface area contributed by atoms with Crippen LogP contribution in [0.25, 0.3) is 22.6 Å². The lowest BCUT2D eigenvalue weighted by Crippen LogP contribution is -2.12. The molecule has 4 aromatic rings. The fourth-order valence-corrected chi connectivity index (χ4v) is 2.71. The quantitative estimate of drug-likeness (QED) is 0.573. The molecular formula is C18H12ClN3O4. The highest BCUT2D eigenvalue weighted by Gasteiger charge is 2.18. The van der Waals surface area contributed by atoms with Crippen molar-refractivity contribution < 1.29 is 18.4 Å². The molecular weight excluding hydrogens is 358 g/mol. The fourth-order valence-electron chi connectivity index (χ4n) is 2.49. The Kier molecular flexibility index (Phi) is 4.06. The van der Waals surface area contributed by atoms with Gasteiger partial charge in [0.2, 0.25) is 0 Å². The van der Waals surface area contributed by atoms with E-state index < -0.39 is 5.91 Å². The molecule has 0 aliphatic rings. The molecule has 4 rings (SSSR count). The molecule has 0 bridgehead atoms. The number of furan rings is 1. The molecule has 0 saturated carbocycles. The van der Waals surface area contributed by atoms with Crippen LogP contribution in [0.5, 0.6) is 5.75 Å². The highest BCUT2D eigenvalue weighted by Crippen LogP contribution is 2.33. The molecule has 7 nitrogen and oxygen atoms in total. The van der Waals surface area contributed by atoms with Crippen LogP contribution in [0.3, 0.4) is 0 Å². The number of benzene rings is 2. The number of methoxy groups -OCH3 is 1. The zero-order valence-electron chi connectivity index (χ0n) is 13.5. The summed E-state index contributed by atoms with van der Waals surface area (Å²) in [5.74, 6) is 0.658. The highest BCUT2D eigenvalue weighted by molar-refractivity contribution is 6.34. The van der Waals surface area contributed by atoms with Gasteiger partial charge in [-0.1, -0.05) is 41.0 Å². The maximum atomic E-state index is 12.2. The molecule has 2 heterocycles. The van der Waals surface area contributed by atoms with Gasteiger partial charge in [0, 0.05) is 5.39 Å². The van der Waals surface area contributed by atoms with E-state index in [4.69, 9.17) is 25.2 Å². The third kappa shape index (κ3) is 2.89. The molecule has 0 aliphatic carbocycles. The number of halogens is 1. The van der Waals surface area contributed by atoms with Crippen molar-refractivity contribution in [3.8, 4) is 17.4 Å². The molecule has 0 spiro atoms. The van der Waals surface area contributed by atoms with Crippen molar-refractivity contribution in [2.24, 2.45) is 0 Å². The predicted molar refractivity (Wildman–Crippen MR) is 95.5 cm³/mol. The number of nitrogens with one attached hydrogen (secondary N) is 1. The third-order valence-corrected chi connectivity index (χ3v) is 4.03. The zero-order chi connectivity index (χ0) is 18.1. The van der Waals surface area contributed by atoms with Crippen molar-refractivity contribution in [1.29, 1.82) is 0 Å². The van der Waals surface area contributed by atoms with E-state index in [0.717, 1.165) is 5.39 Å². The van der Waals surface area contributed by atoms with E-state index in [-0.39, 0.29) is 11.9 Å². The molecule has 0 unspecified atom stereocenters. The normalized spacial score (nSPS) is 10.8. The van der Waals surface area contributed by atoms with Crippen LogP contribution < -0.4 is 10.1 Å². The molecule has 1 N–H and O–H groups in total. The first-order valence-electron chi connectivity index (χ1n) is 7.62. The summed E-state index contributed by atoms with van der Waals surface area (Å²) in [4.78, 5) is 12.2. The Morgan fingerprint density at radius 3 is 2.77 bits per heavy atom. The third-order valence-electron chi connectivity index (χ3n) is 3.70. The number of ether oxygens (including phenoxy) is 1. The van der Waals surface area contributed by atoms with E-state index in [1.54, 1.807) is 43.5 Å². The lowest BCUT2D eigenvalue weighted by molar-refractivity contribution is 0.102. The minimum absolute atomic E-state index is 0.0580. The monoisotopic (exact) mass is 369 g/mol. The Bertz CT molecular complexity index is 1100. The molecule has 0 saturated heterocycles. The first-order valence-corrected chi connectivity index (χ1v) is 8.00. The smallest absolute Gasteiger partial charge is 0.322 e. The van der Waals surface area contributed by atoms with Gasteiger partial charge in [0.05, 0.1) is 17.7 Å². The average molecular weight is 370 g/mol. The van der Waals surface area contributed by atoms with Crippen molar-refractivity contribution in [3.63, 3.8) is 0 Å². The summed E-state index contributed by atoms with van der Waals surface area (Å²) >= 11 is 6.01. The lowest BCUT2D eigenvalue weighted by Gasteiger charge is -2.01. The van der Waals surface area contributed by atoms with Gasteiger partial charge in [0.15, 0.2) is 17.1 Å². The van der Waals surface area contributed by atoms with Crippen LogP contribution in [0.1, 0.15) is 10.4 Å². The van der Waals surface area contributed by atoms with Gasteiger partial charge in [0.25, 0.3) is 11.8 Å². The van der Waals surface area contributed by atoms with Crippen LogP contribution in [-0.2, 0) is 0 Å². The van der Waals surface area contributed by atoms with E-state index >= 15 is 0 Å². The molecule has 8 heteroatoms. The Hall–Kier alpha value is -3.32. The van der Waals surface area contributed by atoms with Crippen molar-refractivity contribution in [3.05, 3.63) is 59.1 Å². The van der Waals surface area contributed by atoms with Gasteiger partial charge in [-0.15, -0.1) is 5.10 Å². The van der Waals surface area contributed by atoms with Gasteiger partial charge < -0.3 is 13.6 Å². The largest absolute Gasteiger partial charge is 0.493 e. The molecule has 130 valence electrons. The van der Waals surface area contributed by atoms with Gasteiger partial charge in [-0.05, 0) is 24.3 Å². The van der Waals surface area contributed by atoms with Crippen LogP contribution in [-0.4, -0.2) is 23.2 Å². The number of aromatic nitrogens is 2.